The van der Waals surface area contributed by atoms with Gasteiger partial charge < -0.3 is 0 Å². The molecule has 120 valence electrons. The standard InChI is InChI=1S/4C6H5.Ce/c4*1-2-4-6-5-3-1;/h4*1-5H;/q4*-1;+4. The van der Waals surface area contributed by atoms with Crippen LogP contribution in [0.1, 0.15) is 0 Å². The molecule has 0 aliphatic carbocycles. The summed E-state index contributed by atoms with van der Waals surface area (Å²) in [6, 6.07) is 50.0. The monoisotopic (exact) mass is 448 g/mol. The van der Waals surface area contributed by atoms with Gasteiger partial charge in [-0.1, -0.05) is 0 Å². The largest absolute Gasteiger partial charge is 4.00 e. The molecule has 0 radical (unpaired) electrons. The van der Waals surface area contributed by atoms with Crippen molar-refractivity contribution >= 4 is 0 Å². The summed E-state index contributed by atoms with van der Waals surface area (Å²) in [7, 11) is 0. The molecule has 0 aromatic heterocycles. The maximum atomic E-state index is 2.89. The van der Waals surface area contributed by atoms with Gasteiger partial charge in [0, 0.05) is 0 Å². The quantitative estimate of drug-likeness (QED) is 0.292. The van der Waals surface area contributed by atoms with Crippen LogP contribution in [0.25, 0.3) is 0 Å². The fourth-order valence-corrected chi connectivity index (χ4v) is 1.37. The van der Waals surface area contributed by atoms with E-state index in [1.807, 2.05) is 121 Å². The molecular weight excluding hydrogens is 428 g/mol. The van der Waals surface area contributed by atoms with E-state index in [1.54, 1.807) is 0 Å². The first-order chi connectivity index (χ1) is 12.0. The summed E-state index contributed by atoms with van der Waals surface area (Å²) in [6.45, 7) is 0. The zero-order valence-electron chi connectivity index (χ0n) is 14.0. The molecule has 0 bridgehead atoms. The molecular formula is C24H20Ce. The first-order valence-corrected chi connectivity index (χ1v) is 7.64. The predicted octanol–water partition coefficient (Wildman–Crippen LogP) is 5.95. The summed E-state index contributed by atoms with van der Waals surface area (Å²) in [4.78, 5) is 0. The molecule has 0 aliphatic heterocycles. The molecule has 4 aromatic carbocycles. The van der Waals surface area contributed by atoms with Crippen molar-refractivity contribution in [3.8, 4) is 0 Å². The van der Waals surface area contributed by atoms with Gasteiger partial charge >= 0.3 is 41.7 Å². The fourth-order valence-electron chi connectivity index (χ4n) is 1.37. The van der Waals surface area contributed by atoms with Crippen LogP contribution < -0.4 is 0 Å². The predicted molar refractivity (Wildman–Crippen MR) is 101 cm³/mol. The Hall–Kier alpha value is -1.74. The average Bonchev–Trinajstić information content (AvgIpc) is 2.75. The van der Waals surface area contributed by atoms with Gasteiger partial charge in [0.25, 0.3) is 0 Å². The smallest absolute Gasteiger partial charge is 0.184 e. The van der Waals surface area contributed by atoms with Crippen LogP contribution in [0, 0.1) is 66.0 Å². The zero-order chi connectivity index (χ0) is 17.0. The Bertz CT molecular complexity index is 420. The Morgan fingerprint density at radius 2 is 0.400 bits per heavy atom. The number of benzene rings is 4. The molecule has 1 heteroatoms. The first kappa shape index (κ1) is 23.3. The van der Waals surface area contributed by atoms with Crippen LogP contribution in [0.4, 0.5) is 0 Å². The Labute approximate surface area is 186 Å². The van der Waals surface area contributed by atoms with Crippen molar-refractivity contribution in [3.63, 3.8) is 0 Å². The second-order valence-corrected chi connectivity index (χ2v) is 4.31. The van der Waals surface area contributed by atoms with E-state index in [0.717, 1.165) is 0 Å². The normalized spacial score (nSPS) is 7.68. The molecule has 0 nitrogen and oxygen atoms in total. The Morgan fingerprint density at radius 1 is 0.240 bits per heavy atom. The second-order valence-electron chi connectivity index (χ2n) is 4.31. The summed E-state index contributed by atoms with van der Waals surface area (Å²) in [5.74, 6) is 0. The molecule has 0 N–H and O–H groups in total. The summed E-state index contributed by atoms with van der Waals surface area (Å²) >= 11 is 0. The van der Waals surface area contributed by atoms with Crippen LogP contribution in [0.2, 0.25) is 0 Å². The molecule has 4 rings (SSSR count). The SMILES string of the molecule is [Ce+4].[c-]1ccccc1.[c-]1ccccc1.[c-]1ccccc1.[c-]1ccccc1. The maximum Gasteiger partial charge on any atom is 4.00 e. The molecule has 0 fully saturated rings. The molecule has 0 spiro atoms. The van der Waals surface area contributed by atoms with E-state index in [9.17, 15) is 0 Å². The average molecular weight is 449 g/mol. The van der Waals surface area contributed by atoms with E-state index in [-0.39, 0.29) is 41.7 Å². The zero-order valence-corrected chi connectivity index (χ0v) is 17.2. The van der Waals surface area contributed by atoms with Gasteiger partial charge in [0.2, 0.25) is 0 Å². The molecule has 4 aromatic rings. The van der Waals surface area contributed by atoms with Crippen LogP contribution >= 0.6 is 0 Å². The third-order valence-corrected chi connectivity index (χ3v) is 2.43. The fraction of sp³-hybridized carbons (Fsp3) is 0. The summed E-state index contributed by atoms with van der Waals surface area (Å²) in [6.07, 6.45) is 0. The van der Waals surface area contributed by atoms with Crippen molar-refractivity contribution in [2.75, 3.05) is 0 Å². The summed E-state index contributed by atoms with van der Waals surface area (Å²) < 4.78 is 0. The molecule has 25 heavy (non-hydrogen) atoms. The number of hydrogen-bond donors (Lipinski definition) is 0. The molecule has 0 aliphatic rings. The van der Waals surface area contributed by atoms with Crippen LogP contribution in [0.5, 0.6) is 0 Å². The van der Waals surface area contributed by atoms with E-state index < -0.39 is 0 Å². The van der Waals surface area contributed by atoms with Crippen LogP contribution in [-0.2, 0) is 0 Å². The van der Waals surface area contributed by atoms with E-state index in [0.29, 0.717) is 0 Å². The minimum atomic E-state index is 0. The molecule has 0 amide bonds. The van der Waals surface area contributed by atoms with Gasteiger partial charge in [0.05, 0.1) is 0 Å². The van der Waals surface area contributed by atoms with Gasteiger partial charge in [-0.25, -0.2) is 0 Å². The van der Waals surface area contributed by atoms with Gasteiger partial charge in [0.15, 0.2) is 0 Å². The van der Waals surface area contributed by atoms with Crippen molar-refractivity contribution in [1.29, 1.82) is 0 Å². The van der Waals surface area contributed by atoms with E-state index in [2.05, 4.69) is 24.3 Å². The van der Waals surface area contributed by atoms with Crippen LogP contribution in [0.15, 0.2) is 121 Å². The maximum absolute atomic E-state index is 2.89. The van der Waals surface area contributed by atoms with E-state index >= 15 is 0 Å². The van der Waals surface area contributed by atoms with Gasteiger partial charge in [0.1, 0.15) is 0 Å². The molecule has 0 heterocycles. The topological polar surface area (TPSA) is 0 Å². The Morgan fingerprint density at radius 3 is 0.440 bits per heavy atom. The number of rotatable bonds is 0. The Kier molecular flexibility index (Phi) is 18.9. The molecule has 0 saturated heterocycles. The first-order valence-electron chi connectivity index (χ1n) is 7.64. The van der Waals surface area contributed by atoms with E-state index in [4.69, 9.17) is 0 Å². The molecule has 0 saturated carbocycles. The van der Waals surface area contributed by atoms with Gasteiger partial charge in [-0.2, -0.15) is 146 Å². The van der Waals surface area contributed by atoms with Crippen molar-refractivity contribution in [1.82, 2.24) is 0 Å². The number of hydrogen-bond acceptors (Lipinski definition) is 0. The van der Waals surface area contributed by atoms with Crippen molar-refractivity contribution in [2.24, 2.45) is 0 Å². The second kappa shape index (κ2) is 20.3. The Balaban J connectivity index is 0.000000303. The third-order valence-electron chi connectivity index (χ3n) is 2.43. The van der Waals surface area contributed by atoms with Crippen LogP contribution in [0.3, 0.4) is 0 Å². The third kappa shape index (κ3) is 18.4. The molecule has 0 unspecified atom stereocenters. The minimum Gasteiger partial charge on any atom is -0.184 e. The van der Waals surface area contributed by atoms with Gasteiger partial charge in [-0.05, 0) is 0 Å². The summed E-state index contributed by atoms with van der Waals surface area (Å²) in [5, 5.41) is 0. The van der Waals surface area contributed by atoms with Crippen molar-refractivity contribution < 1.29 is 41.7 Å². The molecule has 0 atom stereocenters. The minimum absolute atomic E-state index is 0. The van der Waals surface area contributed by atoms with Gasteiger partial charge in [-0.3, -0.25) is 0 Å². The van der Waals surface area contributed by atoms with Crippen molar-refractivity contribution in [3.05, 3.63) is 146 Å². The summed E-state index contributed by atoms with van der Waals surface area (Å²) in [5.41, 5.74) is 0. The van der Waals surface area contributed by atoms with Crippen molar-refractivity contribution in [2.45, 2.75) is 0 Å². The van der Waals surface area contributed by atoms with Crippen LogP contribution in [-0.4, -0.2) is 0 Å². The van der Waals surface area contributed by atoms with E-state index in [1.165, 1.54) is 0 Å². The van der Waals surface area contributed by atoms with Gasteiger partial charge in [-0.15, -0.1) is 0 Å².